The van der Waals surface area contributed by atoms with Crippen LogP contribution in [0.1, 0.15) is 17.3 Å². The number of aromatic nitrogens is 2. The number of para-hydroxylation sites is 1. The summed E-state index contributed by atoms with van der Waals surface area (Å²) in [7, 11) is -3.47. The lowest BCUT2D eigenvalue weighted by molar-refractivity contribution is 0.100. The summed E-state index contributed by atoms with van der Waals surface area (Å²) in [5.41, 5.74) is 5.85. The topological polar surface area (TPSA) is 130 Å². The number of nitrogens with zero attached hydrogens (tertiary/aromatic N) is 3. The zero-order valence-electron chi connectivity index (χ0n) is 15.1. The fourth-order valence-electron chi connectivity index (χ4n) is 2.95. The van der Waals surface area contributed by atoms with Crippen LogP contribution in [-0.4, -0.2) is 56.2 Å². The molecule has 1 atom stereocenters. The maximum absolute atomic E-state index is 12.0. The molecule has 4 N–H and O–H groups in total. The minimum atomic E-state index is -3.47. The lowest BCUT2D eigenvalue weighted by Gasteiger charge is -2.34. The summed E-state index contributed by atoms with van der Waals surface area (Å²) < 4.78 is 24.1. The highest BCUT2D eigenvalue weighted by atomic mass is 32.2. The van der Waals surface area contributed by atoms with E-state index in [0.29, 0.717) is 11.6 Å². The van der Waals surface area contributed by atoms with E-state index in [1.54, 1.807) is 18.2 Å². The highest BCUT2D eigenvalue weighted by Gasteiger charge is 2.23. The van der Waals surface area contributed by atoms with E-state index in [1.807, 2.05) is 11.8 Å². The first kappa shape index (κ1) is 19.1. The summed E-state index contributed by atoms with van der Waals surface area (Å²) in [6, 6.07) is 6.60. The minimum absolute atomic E-state index is 0.0878. The van der Waals surface area contributed by atoms with Gasteiger partial charge in [0.2, 0.25) is 5.95 Å². The lowest BCUT2D eigenvalue weighted by Crippen LogP contribution is -2.50. The molecule has 0 radical (unpaired) electrons. The number of amides is 1. The molecule has 1 saturated heterocycles. The highest BCUT2D eigenvalue weighted by Crippen LogP contribution is 2.27. The Morgan fingerprint density at radius 3 is 2.78 bits per heavy atom. The first-order chi connectivity index (χ1) is 12.8. The molecule has 1 aromatic carbocycles. The number of hydrogen-bond acceptors (Lipinski definition) is 8. The van der Waals surface area contributed by atoms with E-state index < -0.39 is 15.7 Å². The van der Waals surface area contributed by atoms with Gasteiger partial charge in [0, 0.05) is 38.1 Å². The minimum Gasteiger partial charge on any atom is -0.365 e. The van der Waals surface area contributed by atoms with Crippen LogP contribution in [0.2, 0.25) is 0 Å². The van der Waals surface area contributed by atoms with Gasteiger partial charge < -0.3 is 21.3 Å². The van der Waals surface area contributed by atoms with E-state index in [2.05, 4.69) is 20.6 Å². The number of nitrogens with two attached hydrogens (primary N) is 1. The molecule has 27 heavy (non-hydrogen) atoms. The number of sulfone groups is 1. The van der Waals surface area contributed by atoms with E-state index >= 15 is 0 Å². The summed E-state index contributed by atoms with van der Waals surface area (Å²) in [4.78, 5) is 22.7. The smallest absolute Gasteiger partial charge is 0.254 e. The molecule has 3 rings (SSSR count). The fraction of sp³-hybridized carbons (Fsp3) is 0.353. The van der Waals surface area contributed by atoms with Crippen molar-refractivity contribution >= 4 is 33.2 Å². The quantitative estimate of drug-likeness (QED) is 0.674. The van der Waals surface area contributed by atoms with Crippen molar-refractivity contribution in [2.24, 2.45) is 5.73 Å². The molecular formula is C17H22N6O3S. The first-order valence-electron chi connectivity index (χ1n) is 8.47. The molecule has 144 valence electrons. The molecule has 2 heterocycles. The van der Waals surface area contributed by atoms with Crippen LogP contribution in [0.25, 0.3) is 0 Å². The molecule has 1 amide bonds. The van der Waals surface area contributed by atoms with Gasteiger partial charge in [0.25, 0.3) is 5.91 Å². The number of anilines is 3. The van der Waals surface area contributed by atoms with Crippen LogP contribution >= 0.6 is 0 Å². The Morgan fingerprint density at radius 1 is 1.37 bits per heavy atom. The summed E-state index contributed by atoms with van der Waals surface area (Å²) in [5.74, 6) is -0.0723. The number of piperazine rings is 1. The van der Waals surface area contributed by atoms with Crippen molar-refractivity contribution in [3.8, 4) is 0 Å². The molecule has 9 nitrogen and oxygen atoms in total. The first-order valence-corrected chi connectivity index (χ1v) is 10.4. The molecule has 1 aliphatic heterocycles. The molecule has 0 saturated carbocycles. The third-order valence-corrected chi connectivity index (χ3v) is 5.49. The van der Waals surface area contributed by atoms with E-state index in [9.17, 15) is 13.2 Å². The van der Waals surface area contributed by atoms with Crippen LogP contribution in [0.3, 0.4) is 0 Å². The van der Waals surface area contributed by atoms with Crippen LogP contribution in [0.15, 0.2) is 35.4 Å². The van der Waals surface area contributed by atoms with Crippen LogP contribution in [-0.2, 0) is 9.84 Å². The van der Waals surface area contributed by atoms with Crippen molar-refractivity contribution < 1.29 is 13.2 Å². The number of primary amides is 1. The van der Waals surface area contributed by atoms with E-state index in [0.717, 1.165) is 25.9 Å². The van der Waals surface area contributed by atoms with E-state index in [4.69, 9.17) is 5.73 Å². The monoisotopic (exact) mass is 390 g/mol. The number of hydrogen-bond donors (Lipinski definition) is 3. The van der Waals surface area contributed by atoms with Gasteiger partial charge in [-0.15, -0.1) is 0 Å². The number of carbonyl (C=O) groups excluding carboxylic acids is 1. The van der Waals surface area contributed by atoms with Crippen molar-refractivity contribution in [3.05, 3.63) is 36.0 Å². The number of benzene rings is 1. The van der Waals surface area contributed by atoms with Crippen molar-refractivity contribution in [1.29, 1.82) is 0 Å². The molecule has 0 aliphatic carbocycles. The predicted molar refractivity (Wildman–Crippen MR) is 103 cm³/mol. The second-order valence-electron chi connectivity index (χ2n) is 6.44. The van der Waals surface area contributed by atoms with Crippen molar-refractivity contribution in [2.45, 2.75) is 17.9 Å². The maximum Gasteiger partial charge on any atom is 0.254 e. The zero-order chi connectivity index (χ0) is 19.6. The Morgan fingerprint density at radius 2 is 2.11 bits per heavy atom. The Labute approximate surface area is 157 Å². The third-order valence-electron chi connectivity index (χ3n) is 4.34. The molecule has 1 aliphatic rings. The molecule has 1 fully saturated rings. The van der Waals surface area contributed by atoms with Crippen LogP contribution in [0.4, 0.5) is 17.5 Å². The van der Waals surface area contributed by atoms with Crippen LogP contribution < -0.4 is 21.3 Å². The second-order valence-corrected chi connectivity index (χ2v) is 8.42. The molecule has 0 unspecified atom stereocenters. The summed E-state index contributed by atoms with van der Waals surface area (Å²) >= 11 is 0. The van der Waals surface area contributed by atoms with Crippen LogP contribution in [0.5, 0.6) is 0 Å². The molecule has 2 aromatic rings. The molecule has 0 bridgehead atoms. The van der Waals surface area contributed by atoms with Gasteiger partial charge in [0.1, 0.15) is 11.4 Å². The Hall–Kier alpha value is -2.72. The highest BCUT2D eigenvalue weighted by molar-refractivity contribution is 7.90. The van der Waals surface area contributed by atoms with Gasteiger partial charge >= 0.3 is 0 Å². The third kappa shape index (κ3) is 4.17. The normalized spacial score (nSPS) is 17.6. The fourth-order valence-corrected chi connectivity index (χ4v) is 3.79. The zero-order valence-corrected chi connectivity index (χ0v) is 16.0. The Balaban J connectivity index is 2.04. The molecule has 0 spiro atoms. The number of carbonyl (C=O) groups is 1. The van der Waals surface area contributed by atoms with Crippen molar-refractivity contribution in [1.82, 2.24) is 15.3 Å². The average molecular weight is 390 g/mol. The van der Waals surface area contributed by atoms with Crippen molar-refractivity contribution in [2.75, 3.05) is 36.1 Å². The van der Waals surface area contributed by atoms with Gasteiger partial charge in [-0.05, 0) is 19.1 Å². The maximum atomic E-state index is 12.0. The molecular weight excluding hydrogens is 368 g/mol. The lowest BCUT2D eigenvalue weighted by atomic mass is 10.2. The number of rotatable bonds is 5. The Kier molecular flexibility index (Phi) is 5.29. The van der Waals surface area contributed by atoms with Gasteiger partial charge in [-0.1, -0.05) is 12.1 Å². The van der Waals surface area contributed by atoms with Crippen LogP contribution in [0, 0.1) is 0 Å². The van der Waals surface area contributed by atoms with Gasteiger partial charge in [0.05, 0.1) is 10.6 Å². The van der Waals surface area contributed by atoms with Gasteiger partial charge in [0.15, 0.2) is 9.84 Å². The Bertz CT molecular complexity index is 963. The molecule has 10 heteroatoms. The average Bonchev–Trinajstić information content (AvgIpc) is 2.61. The second kappa shape index (κ2) is 7.49. The van der Waals surface area contributed by atoms with Gasteiger partial charge in [-0.3, -0.25) is 4.79 Å². The van der Waals surface area contributed by atoms with Crippen molar-refractivity contribution in [3.63, 3.8) is 0 Å². The van der Waals surface area contributed by atoms with E-state index in [1.165, 1.54) is 12.3 Å². The van der Waals surface area contributed by atoms with Gasteiger partial charge in [-0.2, -0.15) is 4.98 Å². The number of nitrogens with one attached hydrogen (secondary N) is 2. The SMILES string of the molecule is C[C@@H]1CNCCN1c1ncc(C(N)=O)c(Nc2ccccc2S(C)(=O)=O)n1. The van der Waals surface area contributed by atoms with Gasteiger partial charge in [-0.25, -0.2) is 13.4 Å². The largest absolute Gasteiger partial charge is 0.365 e. The predicted octanol–water partition coefficient (Wildman–Crippen LogP) is 0.521. The summed E-state index contributed by atoms with van der Waals surface area (Å²) in [5, 5.41) is 6.24. The standard InChI is InChI=1S/C17H22N6O3S/c1-11-9-19-7-8-23(11)17-20-10-12(15(18)24)16(22-17)21-13-5-3-4-6-14(13)27(2,25)26/h3-6,10-11,19H,7-9H2,1-2H3,(H2,18,24)(H,20,21,22)/t11-/m1/s1. The summed E-state index contributed by atoms with van der Waals surface area (Å²) in [6.45, 7) is 4.35. The van der Waals surface area contributed by atoms with E-state index in [-0.39, 0.29) is 22.3 Å². The summed E-state index contributed by atoms with van der Waals surface area (Å²) in [6.07, 6.45) is 2.49. The molecule has 1 aromatic heterocycles.